The van der Waals surface area contributed by atoms with Crippen LogP contribution >= 0.6 is 11.3 Å². The van der Waals surface area contributed by atoms with Gasteiger partial charge in [-0.15, -0.1) is 11.3 Å². The van der Waals surface area contributed by atoms with E-state index in [-0.39, 0.29) is 11.3 Å². The first-order chi connectivity index (χ1) is 15.8. The highest BCUT2D eigenvalue weighted by Crippen LogP contribution is 2.45. The highest BCUT2D eigenvalue weighted by atomic mass is 32.1. The molecule has 0 saturated carbocycles. The Hall–Kier alpha value is -2.86. The lowest BCUT2D eigenvalue weighted by Crippen LogP contribution is -2.28. The third kappa shape index (κ3) is 5.56. The summed E-state index contributed by atoms with van der Waals surface area (Å²) < 4.78 is 10.9. The second kappa shape index (κ2) is 9.96. The SMILES string of the molecule is CCOc1ccc(C=Nc2sc3c(c2C(=O)NCc2ccco2)CC[C@@H](C(C)(C)C)C3)cc1. The van der Waals surface area contributed by atoms with Crippen molar-refractivity contribution in [2.75, 3.05) is 6.61 Å². The van der Waals surface area contributed by atoms with E-state index in [9.17, 15) is 4.79 Å². The van der Waals surface area contributed by atoms with E-state index in [1.807, 2.05) is 49.5 Å². The number of hydrogen-bond acceptors (Lipinski definition) is 5. The quantitative estimate of drug-likeness (QED) is 0.402. The van der Waals surface area contributed by atoms with Crippen LogP contribution in [0.3, 0.4) is 0 Å². The minimum atomic E-state index is -0.0862. The van der Waals surface area contributed by atoms with Crippen LogP contribution in [0.15, 0.2) is 52.1 Å². The largest absolute Gasteiger partial charge is 0.494 e. The molecular formula is C27H32N2O3S. The Balaban J connectivity index is 1.61. The van der Waals surface area contributed by atoms with E-state index in [0.29, 0.717) is 19.1 Å². The molecule has 1 aliphatic rings. The summed E-state index contributed by atoms with van der Waals surface area (Å²) in [7, 11) is 0. The third-order valence-corrected chi connectivity index (χ3v) is 7.39. The summed E-state index contributed by atoms with van der Waals surface area (Å²) in [5, 5.41) is 3.80. The maximum Gasteiger partial charge on any atom is 0.255 e. The topological polar surface area (TPSA) is 63.8 Å². The molecule has 0 spiro atoms. The first-order valence-electron chi connectivity index (χ1n) is 11.6. The normalized spacial score (nSPS) is 16.1. The molecule has 174 valence electrons. The van der Waals surface area contributed by atoms with Gasteiger partial charge in [0.05, 0.1) is 25.0 Å². The van der Waals surface area contributed by atoms with Gasteiger partial charge in [-0.25, -0.2) is 4.99 Å². The van der Waals surface area contributed by atoms with Gasteiger partial charge in [0.25, 0.3) is 5.91 Å². The van der Waals surface area contributed by atoms with Gasteiger partial charge in [-0.1, -0.05) is 20.8 Å². The summed E-state index contributed by atoms with van der Waals surface area (Å²) in [6, 6.07) is 11.5. The molecule has 0 saturated heterocycles. The first kappa shape index (κ1) is 23.3. The van der Waals surface area contributed by atoms with Gasteiger partial charge in [0.1, 0.15) is 16.5 Å². The van der Waals surface area contributed by atoms with Gasteiger partial charge in [0, 0.05) is 11.1 Å². The number of aliphatic imine (C=N–C) groups is 1. The molecule has 3 aromatic rings. The molecule has 1 amide bonds. The average Bonchev–Trinajstić information content (AvgIpc) is 3.43. The van der Waals surface area contributed by atoms with Crippen LogP contribution in [0.2, 0.25) is 0 Å². The van der Waals surface area contributed by atoms with Crippen molar-refractivity contribution < 1.29 is 13.9 Å². The Morgan fingerprint density at radius 2 is 2.06 bits per heavy atom. The van der Waals surface area contributed by atoms with Crippen molar-refractivity contribution in [3.05, 3.63) is 70.0 Å². The van der Waals surface area contributed by atoms with Gasteiger partial charge in [-0.2, -0.15) is 0 Å². The van der Waals surface area contributed by atoms with Gasteiger partial charge in [0.2, 0.25) is 0 Å². The second-order valence-electron chi connectivity index (χ2n) is 9.51. The third-order valence-electron chi connectivity index (χ3n) is 6.22. The Morgan fingerprint density at radius 1 is 1.27 bits per heavy atom. The molecule has 6 heteroatoms. The molecular weight excluding hydrogens is 432 g/mol. The Kier molecular flexibility index (Phi) is 7.03. The van der Waals surface area contributed by atoms with Crippen LogP contribution in [0.4, 0.5) is 5.00 Å². The fourth-order valence-electron chi connectivity index (χ4n) is 4.25. The molecule has 1 aliphatic carbocycles. The fraction of sp³-hybridized carbons (Fsp3) is 0.407. The molecule has 0 unspecified atom stereocenters. The minimum Gasteiger partial charge on any atom is -0.494 e. The predicted molar refractivity (Wildman–Crippen MR) is 134 cm³/mol. The Labute approximate surface area is 199 Å². The summed E-state index contributed by atoms with van der Waals surface area (Å²) in [5.74, 6) is 2.09. The van der Waals surface area contributed by atoms with Crippen LogP contribution < -0.4 is 10.1 Å². The number of furan rings is 1. The van der Waals surface area contributed by atoms with Crippen LogP contribution in [-0.2, 0) is 19.4 Å². The Bertz CT molecular complexity index is 1110. The molecule has 4 rings (SSSR count). The standard InChI is InChI=1S/C27H32N2O3S/c1-5-31-20-11-8-18(9-12-20)16-29-26-24(25(30)28-17-21-7-6-14-32-21)22-13-10-19(27(2,3)4)15-23(22)33-26/h6-9,11-12,14,16,19H,5,10,13,15,17H2,1-4H3,(H,28,30)/t19-/m1/s1. The molecule has 1 atom stereocenters. The molecule has 1 aromatic carbocycles. The number of rotatable bonds is 7. The molecule has 2 heterocycles. The van der Waals surface area contributed by atoms with E-state index in [2.05, 4.69) is 26.1 Å². The van der Waals surface area contributed by atoms with E-state index in [1.54, 1.807) is 17.6 Å². The molecule has 2 aromatic heterocycles. The van der Waals surface area contributed by atoms with Crippen LogP contribution in [0, 0.1) is 11.3 Å². The van der Waals surface area contributed by atoms with Gasteiger partial charge in [-0.05, 0) is 85.0 Å². The van der Waals surface area contributed by atoms with Gasteiger partial charge in [-0.3, -0.25) is 4.79 Å². The van der Waals surface area contributed by atoms with Crippen LogP contribution in [0.1, 0.15) is 66.2 Å². The minimum absolute atomic E-state index is 0.0862. The first-order valence-corrected chi connectivity index (χ1v) is 12.4. The summed E-state index contributed by atoms with van der Waals surface area (Å²) in [5.41, 5.74) is 3.10. The lowest BCUT2D eigenvalue weighted by molar-refractivity contribution is 0.0947. The zero-order valence-corrected chi connectivity index (χ0v) is 20.6. The van der Waals surface area contributed by atoms with Crippen molar-refractivity contribution in [1.29, 1.82) is 0 Å². The molecule has 1 N–H and O–H groups in total. The number of hydrogen-bond donors (Lipinski definition) is 1. The maximum atomic E-state index is 13.3. The zero-order valence-electron chi connectivity index (χ0n) is 19.8. The number of fused-ring (bicyclic) bond motifs is 1. The van der Waals surface area contributed by atoms with Crippen molar-refractivity contribution in [2.24, 2.45) is 16.3 Å². The summed E-state index contributed by atoms with van der Waals surface area (Å²) in [6.07, 6.45) is 6.45. The smallest absolute Gasteiger partial charge is 0.255 e. The number of benzene rings is 1. The summed E-state index contributed by atoms with van der Waals surface area (Å²) in [4.78, 5) is 19.3. The lowest BCUT2D eigenvalue weighted by atomic mass is 9.72. The van der Waals surface area contributed by atoms with Crippen molar-refractivity contribution in [3.63, 3.8) is 0 Å². The molecule has 0 fully saturated rings. The van der Waals surface area contributed by atoms with Crippen LogP contribution in [0.25, 0.3) is 0 Å². The number of ether oxygens (including phenoxy) is 1. The van der Waals surface area contributed by atoms with Gasteiger partial charge >= 0.3 is 0 Å². The number of nitrogens with zero attached hydrogens (tertiary/aromatic N) is 1. The number of carbonyl (C=O) groups is 1. The van der Waals surface area contributed by atoms with E-state index < -0.39 is 0 Å². The lowest BCUT2D eigenvalue weighted by Gasteiger charge is -2.33. The monoisotopic (exact) mass is 464 g/mol. The number of thiophene rings is 1. The van der Waals surface area contributed by atoms with E-state index in [4.69, 9.17) is 14.1 Å². The number of amides is 1. The maximum absolute atomic E-state index is 13.3. The molecule has 33 heavy (non-hydrogen) atoms. The summed E-state index contributed by atoms with van der Waals surface area (Å²) in [6.45, 7) is 9.88. The predicted octanol–water partition coefficient (Wildman–Crippen LogP) is 6.57. The van der Waals surface area contributed by atoms with E-state index >= 15 is 0 Å². The van der Waals surface area contributed by atoms with E-state index in [1.165, 1.54) is 4.88 Å². The molecule has 0 radical (unpaired) electrons. The van der Waals surface area contributed by atoms with Crippen LogP contribution in [-0.4, -0.2) is 18.7 Å². The van der Waals surface area contributed by atoms with Gasteiger partial charge in [0.15, 0.2) is 0 Å². The van der Waals surface area contributed by atoms with E-state index in [0.717, 1.165) is 52.5 Å². The molecule has 0 aliphatic heterocycles. The highest BCUT2D eigenvalue weighted by Gasteiger charge is 2.33. The highest BCUT2D eigenvalue weighted by molar-refractivity contribution is 7.16. The van der Waals surface area contributed by atoms with Crippen molar-refractivity contribution in [1.82, 2.24) is 5.32 Å². The Morgan fingerprint density at radius 3 is 2.73 bits per heavy atom. The molecule has 0 bridgehead atoms. The van der Waals surface area contributed by atoms with Gasteiger partial charge < -0.3 is 14.5 Å². The fourth-order valence-corrected chi connectivity index (χ4v) is 5.52. The second-order valence-corrected chi connectivity index (χ2v) is 10.6. The van der Waals surface area contributed by atoms with Crippen molar-refractivity contribution >= 4 is 28.5 Å². The van der Waals surface area contributed by atoms with Crippen LogP contribution in [0.5, 0.6) is 5.75 Å². The number of nitrogens with one attached hydrogen (secondary N) is 1. The number of carbonyl (C=O) groups excluding carboxylic acids is 1. The average molecular weight is 465 g/mol. The zero-order chi connectivity index (χ0) is 23.4. The van der Waals surface area contributed by atoms with Crippen molar-refractivity contribution in [3.8, 4) is 5.75 Å². The molecule has 5 nitrogen and oxygen atoms in total. The summed E-state index contributed by atoms with van der Waals surface area (Å²) >= 11 is 1.66. The van der Waals surface area contributed by atoms with Crippen molar-refractivity contribution in [2.45, 2.75) is 53.5 Å².